The Morgan fingerprint density at radius 3 is 2.75 bits per heavy atom. The maximum atomic E-state index is 10.7. The van der Waals surface area contributed by atoms with E-state index in [1.807, 2.05) is 32.1 Å². The molecule has 0 aliphatic carbocycles. The summed E-state index contributed by atoms with van der Waals surface area (Å²) in [6.45, 7) is 7.79. The molecule has 0 saturated carbocycles. The van der Waals surface area contributed by atoms with Crippen LogP contribution >= 0.6 is 0 Å². The fourth-order valence-corrected chi connectivity index (χ4v) is 1.37. The van der Waals surface area contributed by atoms with Crippen LogP contribution < -0.4 is 0 Å². The van der Waals surface area contributed by atoms with Crippen molar-refractivity contribution in [2.75, 3.05) is 0 Å². The zero-order chi connectivity index (χ0) is 12.1. The van der Waals surface area contributed by atoms with E-state index in [1.165, 1.54) is 6.20 Å². The van der Waals surface area contributed by atoms with Crippen molar-refractivity contribution < 1.29 is 9.90 Å². The lowest BCUT2D eigenvalue weighted by Crippen LogP contribution is -1.91. The number of hydrogen-bond acceptors (Lipinski definition) is 1. The van der Waals surface area contributed by atoms with Crippen molar-refractivity contribution in [2.45, 2.75) is 13.8 Å². The molecule has 16 heavy (non-hydrogen) atoms. The Morgan fingerprint density at radius 1 is 1.56 bits per heavy atom. The molecule has 0 radical (unpaired) electrons. The van der Waals surface area contributed by atoms with Crippen molar-refractivity contribution in [1.29, 1.82) is 0 Å². The molecule has 2 N–H and O–H groups in total. The van der Waals surface area contributed by atoms with Crippen molar-refractivity contribution in [2.24, 2.45) is 0 Å². The predicted molar refractivity (Wildman–Crippen MR) is 65.4 cm³/mol. The van der Waals surface area contributed by atoms with Crippen LogP contribution in [-0.4, -0.2) is 16.1 Å². The first-order valence-corrected chi connectivity index (χ1v) is 4.96. The third-order valence-corrected chi connectivity index (χ3v) is 2.11. The summed E-state index contributed by atoms with van der Waals surface area (Å²) in [6, 6.07) is 1.57. The number of nitrogens with one attached hydrogen (secondary N) is 1. The maximum Gasteiger partial charge on any atom is 0.337 e. The van der Waals surface area contributed by atoms with Crippen molar-refractivity contribution in [3.05, 3.63) is 53.9 Å². The van der Waals surface area contributed by atoms with Gasteiger partial charge >= 0.3 is 5.97 Å². The number of carboxylic acids is 1. The highest BCUT2D eigenvalue weighted by molar-refractivity contribution is 5.89. The summed E-state index contributed by atoms with van der Waals surface area (Å²) in [6.07, 6.45) is 7.27. The van der Waals surface area contributed by atoms with Gasteiger partial charge in [0.25, 0.3) is 0 Å². The summed E-state index contributed by atoms with van der Waals surface area (Å²) in [5, 5.41) is 8.77. The van der Waals surface area contributed by atoms with Crippen LogP contribution in [0, 0.1) is 0 Å². The Morgan fingerprint density at radius 2 is 2.25 bits per heavy atom. The summed E-state index contributed by atoms with van der Waals surface area (Å²) in [7, 11) is 0. The average Bonchev–Trinajstić information content (AvgIpc) is 2.66. The van der Waals surface area contributed by atoms with Crippen molar-refractivity contribution >= 4 is 11.5 Å². The van der Waals surface area contributed by atoms with Crippen LogP contribution in [0.15, 0.2) is 42.6 Å². The number of allylic oxidation sites excluding steroid dienone is 5. The molecule has 0 bridgehead atoms. The van der Waals surface area contributed by atoms with Crippen LogP contribution in [0.25, 0.3) is 5.57 Å². The van der Waals surface area contributed by atoms with Gasteiger partial charge in [0.05, 0.1) is 5.56 Å². The van der Waals surface area contributed by atoms with Crippen molar-refractivity contribution in [3.8, 4) is 0 Å². The third kappa shape index (κ3) is 2.98. The fourth-order valence-electron chi connectivity index (χ4n) is 1.37. The number of carboxylic acid groups (broad SMARTS) is 1. The van der Waals surface area contributed by atoms with Crippen LogP contribution in [0.4, 0.5) is 0 Å². The zero-order valence-electron chi connectivity index (χ0n) is 9.45. The molecule has 0 aliphatic rings. The minimum absolute atomic E-state index is 0.244. The van der Waals surface area contributed by atoms with Crippen molar-refractivity contribution in [3.63, 3.8) is 0 Å². The molecule has 0 spiro atoms. The van der Waals surface area contributed by atoms with Gasteiger partial charge in [0.15, 0.2) is 0 Å². The van der Waals surface area contributed by atoms with E-state index in [-0.39, 0.29) is 5.56 Å². The SMILES string of the molecule is C=C(/C=C(C)\C=C/C)c1cc(C(=O)O)c[nH]1. The van der Waals surface area contributed by atoms with Gasteiger partial charge < -0.3 is 10.1 Å². The molecule has 1 rings (SSSR count). The fraction of sp³-hybridized carbons (Fsp3) is 0.154. The summed E-state index contributed by atoms with van der Waals surface area (Å²) >= 11 is 0. The smallest absolute Gasteiger partial charge is 0.337 e. The van der Waals surface area contributed by atoms with Gasteiger partial charge in [-0.1, -0.05) is 30.4 Å². The van der Waals surface area contributed by atoms with Crippen LogP contribution in [0.2, 0.25) is 0 Å². The minimum Gasteiger partial charge on any atom is -0.478 e. The molecule has 1 aromatic heterocycles. The standard InChI is InChI=1S/C13H15NO2/c1-4-5-9(2)6-10(3)12-7-11(8-14-12)13(15)16/h4-8,14H,3H2,1-2H3,(H,15,16)/b5-4-,9-6-. The summed E-state index contributed by atoms with van der Waals surface area (Å²) in [5.74, 6) is -0.940. The number of H-pyrrole nitrogens is 1. The van der Waals surface area contributed by atoms with E-state index in [9.17, 15) is 4.79 Å². The van der Waals surface area contributed by atoms with Crippen LogP contribution in [-0.2, 0) is 0 Å². The molecular formula is C13H15NO2. The molecule has 84 valence electrons. The number of aromatic nitrogens is 1. The third-order valence-electron chi connectivity index (χ3n) is 2.11. The molecular weight excluding hydrogens is 202 g/mol. The molecule has 0 saturated heterocycles. The van der Waals surface area contributed by atoms with Gasteiger partial charge in [0.1, 0.15) is 0 Å². The quantitative estimate of drug-likeness (QED) is 0.760. The second kappa shape index (κ2) is 5.16. The highest BCUT2D eigenvalue weighted by Gasteiger charge is 2.06. The Kier molecular flexibility index (Phi) is 3.89. The number of aromatic amines is 1. The number of rotatable bonds is 4. The second-order valence-corrected chi connectivity index (χ2v) is 3.52. The Hall–Kier alpha value is -2.03. The van der Waals surface area contributed by atoms with E-state index in [1.54, 1.807) is 6.07 Å². The number of carbonyl (C=O) groups is 1. The molecule has 0 aliphatic heterocycles. The molecule has 0 amide bonds. The molecule has 1 heterocycles. The lowest BCUT2D eigenvalue weighted by molar-refractivity contribution is 0.0697. The first-order valence-electron chi connectivity index (χ1n) is 4.96. The Labute approximate surface area is 94.8 Å². The highest BCUT2D eigenvalue weighted by Crippen LogP contribution is 2.16. The van der Waals surface area contributed by atoms with Gasteiger partial charge in [-0.25, -0.2) is 4.79 Å². The van der Waals surface area contributed by atoms with Crippen molar-refractivity contribution in [1.82, 2.24) is 4.98 Å². The van der Waals surface area contributed by atoms with E-state index < -0.39 is 5.97 Å². The minimum atomic E-state index is -0.940. The van der Waals surface area contributed by atoms with E-state index in [0.717, 1.165) is 16.8 Å². The predicted octanol–water partition coefficient (Wildman–Crippen LogP) is 3.25. The van der Waals surface area contributed by atoms with Gasteiger partial charge in [0.2, 0.25) is 0 Å². The van der Waals surface area contributed by atoms with Crippen LogP contribution in [0.1, 0.15) is 29.9 Å². The van der Waals surface area contributed by atoms with Crippen LogP contribution in [0.5, 0.6) is 0 Å². The maximum absolute atomic E-state index is 10.7. The molecule has 0 atom stereocenters. The Bertz CT molecular complexity index is 464. The molecule has 0 aromatic carbocycles. The van der Waals surface area contributed by atoms with Gasteiger partial charge in [-0.3, -0.25) is 0 Å². The summed E-state index contributed by atoms with van der Waals surface area (Å²) in [4.78, 5) is 13.6. The van der Waals surface area contributed by atoms with Gasteiger partial charge in [-0.2, -0.15) is 0 Å². The largest absolute Gasteiger partial charge is 0.478 e. The molecule has 0 unspecified atom stereocenters. The average molecular weight is 217 g/mol. The molecule has 0 fully saturated rings. The molecule has 1 aromatic rings. The van der Waals surface area contributed by atoms with E-state index >= 15 is 0 Å². The lowest BCUT2D eigenvalue weighted by Gasteiger charge is -1.97. The van der Waals surface area contributed by atoms with E-state index in [2.05, 4.69) is 11.6 Å². The zero-order valence-corrected chi connectivity index (χ0v) is 9.45. The number of hydrogen-bond donors (Lipinski definition) is 2. The van der Waals surface area contributed by atoms with Gasteiger partial charge in [-0.15, -0.1) is 0 Å². The van der Waals surface area contributed by atoms with Gasteiger partial charge in [0, 0.05) is 11.9 Å². The van der Waals surface area contributed by atoms with E-state index in [0.29, 0.717) is 0 Å². The molecule has 3 nitrogen and oxygen atoms in total. The van der Waals surface area contributed by atoms with E-state index in [4.69, 9.17) is 5.11 Å². The summed E-state index contributed by atoms with van der Waals surface area (Å²) in [5.41, 5.74) is 2.80. The lowest BCUT2D eigenvalue weighted by atomic mass is 10.1. The Balaban J connectivity index is 2.89. The second-order valence-electron chi connectivity index (χ2n) is 3.52. The van der Waals surface area contributed by atoms with Crippen LogP contribution in [0.3, 0.4) is 0 Å². The molecule has 3 heteroatoms. The topological polar surface area (TPSA) is 53.1 Å². The summed E-state index contributed by atoms with van der Waals surface area (Å²) < 4.78 is 0. The number of aromatic carboxylic acids is 1. The normalized spacial score (nSPS) is 12.0. The monoisotopic (exact) mass is 217 g/mol. The highest BCUT2D eigenvalue weighted by atomic mass is 16.4. The first-order chi connectivity index (χ1) is 7.54. The van der Waals surface area contributed by atoms with Gasteiger partial charge in [-0.05, 0) is 25.5 Å². The first kappa shape index (κ1) is 12.0.